The fourth-order valence-corrected chi connectivity index (χ4v) is 1.55. The van der Waals surface area contributed by atoms with Gasteiger partial charge >= 0.3 is 0 Å². The van der Waals surface area contributed by atoms with Crippen molar-refractivity contribution in [3.63, 3.8) is 0 Å². The molecule has 2 rings (SSSR count). The monoisotopic (exact) mass is 192 g/mol. The van der Waals surface area contributed by atoms with E-state index in [0.717, 1.165) is 13.0 Å². The third-order valence-electron chi connectivity index (χ3n) is 2.33. The highest BCUT2D eigenvalue weighted by Gasteiger charge is 2.19. The molecular weight excluding hydrogens is 181 g/mol. The Kier molecular flexibility index (Phi) is 2.48. The summed E-state index contributed by atoms with van der Waals surface area (Å²) in [5.41, 5.74) is 0.557. The van der Waals surface area contributed by atoms with E-state index in [1.165, 1.54) is 24.3 Å². The number of carbonyl (C=O) groups excluding carboxylic acids is 1. The lowest BCUT2D eigenvalue weighted by atomic mass is 10.2. The van der Waals surface area contributed by atoms with Crippen molar-refractivity contribution in [3.05, 3.63) is 42.1 Å². The highest BCUT2D eigenvalue weighted by Crippen LogP contribution is 2.12. The maximum absolute atomic E-state index is 12.6. The van der Waals surface area contributed by atoms with Gasteiger partial charge in [0.2, 0.25) is 0 Å². The first kappa shape index (κ1) is 9.19. The quantitative estimate of drug-likeness (QED) is 0.665. The fourth-order valence-electron chi connectivity index (χ4n) is 1.55. The van der Waals surface area contributed by atoms with Crippen LogP contribution in [0.1, 0.15) is 16.8 Å². The van der Waals surface area contributed by atoms with Gasteiger partial charge in [0.15, 0.2) is 0 Å². The van der Waals surface area contributed by atoms with Crippen LogP contribution in [0.15, 0.2) is 24.3 Å². The van der Waals surface area contributed by atoms with Crippen LogP contribution in [-0.2, 0) is 0 Å². The molecule has 1 aromatic rings. The van der Waals surface area contributed by atoms with E-state index < -0.39 is 0 Å². The van der Waals surface area contributed by atoms with Crippen LogP contribution in [0.25, 0.3) is 0 Å². The van der Waals surface area contributed by atoms with Crippen LogP contribution in [0.3, 0.4) is 0 Å². The second-order valence-electron chi connectivity index (χ2n) is 3.34. The molecule has 0 spiro atoms. The molecular formula is C11H11FNO. The number of likely N-dealkylation sites (tertiary alicyclic amines) is 1. The van der Waals surface area contributed by atoms with Crippen molar-refractivity contribution < 1.29 is 9.18 Å². The van der Waals surface area contributed by atoms with Gasteiger partial charge < -0.3 is 4.90 Å². The first-order valence-electron chi connectivity index (χ1n) is 4.64. The molecule has 1 radical (unpaired) electrons. The van der Waals surface area contributed by atoms with E-state index in [2.05, 4.69) is 6.42 Å². The maximum Gasteiger partial charge on any atom is 0.253 e. The third-order valence-corrected chi connectivity index (χ3v) is 2.33. The third kappa shape index (κ3) is 1.76. The summed E-state index contributed by atoms with van der Waals surface area (Å²) < 4.78 is 12.6. The van der Waals surface area contributed by atoms with Gasteiger partial charge in [0.25, 0.3) is 5.91 Å². The fraction of sp³-hybridized carbons (Fsp3) is 0.273. The largest absolute Gasteiger partial charge is 0.338 e. The molecule has 1 aliphatic heterocycles. The van der Waals surface area contributed by atoms with Crippen molar-refractivity contribution in [2.75, 3.05) is 13.1 Å². The molecule has 1 aliphatic rings. The van der Waals surface area contributed by atoms with Crippen LogP contribution < -0.4 is 0 Å². The van der Waals surface area contributed by atoms with Crippen LogP contribution in [0.2, 0.25) is 0 Å². The van der Waals surface area contributed by atoms with Crippen molar-refractivity contribution in [1.29, 1.82) is 0 Å². The van der Waals surface area contributed by atoms with E-state index in [9.17, 15) is 9.18 Å². The average Bonchev–Trinajstić information content (AvgIpc) is 2.71. The van der Waals surface area contributed by atoms with Gasteiger partial charge in [0.1, 0.15) is 5.82 Å². The molecule has 0 aliphatic carbocycles. The Morgan fingerprint density at radius 3 is 2.57 bits per heavy atom. The smallest absolute Gasteiger partial charge is 0.253 e. The molecule has 1 aromatic carbocycles. The number of hydrogen-bond donors (Lipinski definition) is 0. The van der Waals surface area contributed by atoms with Gasteiger partial charge in [-0.05, 0) is 37.1 Å². The molecule has 0 N–H and O–H groups in total. The number of hydrogen-bond acceptors (Lipinski definition) is 1. The van der Waals surface area contributed by atoms with Crippen LogP contribution in [0.4, 0.5) is 4.39 Å². The molecule has 14 heavy (non-hydrogen) atoms. The molecule has 0 aromatic heterocycles. The number of halogens is 1. The topological polar surface area (TPSA) is 20.3 Å². The Balaban J connectivity index is 2.14. The lowest BCUT2D eigenvalue weighted by molar-refractivity contribution is 0.0796. The molecule has 0 bridgehead atoms. The van der Waals surface area contributed by atoms with E-state index in [0.29, 0.717) is 12.1 Å². The first-order valence-corrected chi connectivity index (χ1v) is 4.64. The van der Waals surface area contributed by atoms with E-state index in [4.69, 9.17) is 0 Å². The maximum atomic E-state index is 12.6. The van der Waals surface area contributed by atoms with Crippen LogP contribution >= 0.6 is 0 Å². The number of carbonyl (C=O) groups is 1. The Morgan fingerprint density at radius 1 is 1.29 bits per heavy atom. The molecule has 1 amide bonds. The minimum atomic E-state index is -0.311. The molecule has 1 heterocycles. The minimum Gasteiger partial charge on any atom is -0.338 e. The Bertz CT molecular complexity index is 328. The molecule has 0 atom stereocenters. The highest BCUT2D eigenvalue weighted by molar-refractivity contribution is 5.94. The Labute approximate surface area is 82.3 Å². The Morgan fingerprint density at radius 2 is 2.00 bits per heavy atom. The summed E-state index contributed by atoms with van der Waals surface area (Å²) in [6, 6.07) is 5.67. The lowest BCUT2D eigenvalue weighted by Crippen LogP contribution is -2.27. The number of nitrogens with zero attached hydrogens (tertiary/aromatic N) is 1. The number of amides is 1. The van der Waals surface area contributed by atoms with Gasteiger partial charge in [-0.25, -0.2) is 4.39 Å². The molecule has 1 saturated heterocycles. The molecule has 0 saturated carbocycles. The van der Waals surface area contributed by atoms with Gasteiger partial charge in [-0.1, -0.05) is 0 Å². The van der Waals surface area contributed by atoms with E-state index >= 15 is 0 Å². The van der Waals surface area contributed by atoms with Crippen LogP contribution in [0.5, 0.6) is 0 Å². The molecule has 2 nitrogen and oxygen atoms in total. The van der Waals surface area contributed by atoms with Crippen LogP contribution in [-0.4, -0.2) is 23.9 Å². The number of benzene rings is 1. The number of rotatable bonds is 1. The van der Waals surface area contributed by atoms with Crippen molar-refractivity contribution in [2.45, 2.75) is 6.42 Å². The lowest BCUT2D eigenvalue weighted by Gasteiger charge is -2.14. The minimum absolute atomic E-state index is 0.0150. The predicted molar refractivity (Wildman–Crippen MR) is 51.2 cm³/mol. The summed E-state index contributed by atoms with van der Waals surface area (Å²) in [5.74, 6) is -0.326. The highest BCUT2D eigenvalue weighted by atomic mass is 19.1. The average molecular weight is 192 g/mol. The van der Waals surface area contributed by atoms with E-state index in [-0.39, 0.29) is 11.7 Å². The van der Waals surface area contributed by atoms with Crippen LogP contribution in [0, 0.1) is 12.2 Å². The molecule has 73 valence electrons. The van der Waals surface area contributed by atoms with Gasteiger partial charge in [0, 0.05) is 18.7 Å². The summed E-state index contributed by atoms with van der Waals surface area (Å²) >= 11 is 0. The zero-order valence-electron chi connectivity index (χ0n) is 7.74. The summed E-state index contributed by atoms with van der Waals surface area (Å²) in [6.45, 7) is 1.48. The van der Waals surface area contributed by atoms with Crippen molar-refractivity contribution in [3.8, 4) is 0 Å². The normalized spacial score (nSPS) is 15.9. The first-order chi connectivity index (χ1) is 6.77. The van der Waals surface area contributed by atoms with Gasteiger partial charge in [-0.2, -0.15) is 0 Å². The Hall–Kier alpha value is -1.38. The molecule has 0 unspecified atom stereocenters. The zero-order chi connectivity index (χ0) is 9.97. The molecule has 1 fully saturated rings. The molecule has 3 heteroatoms. The van der Waals surface area contributed by atoms with Gasteiger partial charge in [-0.3, -0.25) is 4.79 Å². The summed E-state index contributed by atoms with van der Waals surface area (Å²) in [5, 5.41) is 0. The summed E-state index contributed by atoms with van der Waals surface area (Å²) in [6.07, 6.45) is 3.02. The summed E-state index contributed by atoms with van der Waals surface area (Å²) in [7, 11) is 0. The van der Waals surface area contributed by atoms with E-state index in [1.54, 1.807) is 4.90 Å². The van der Waals surface area contributed by atoms with Crippen molar-refractivity contribution >= 4 is 5.91 Å². The van der Waals surface area contributed by atoms with Gasteiger partial charge in [-0.15, -0.1) is 0 Å². The van der Waals surface area contributed by atoms with E-state index in [1.807, 2.05) is 0 Å². The zero-order valence-corrected chi connectivity index (χ0v) is 7.74. The van der Waals surface area contributed by atoms with Crippen molar-refractivity contribution in [1.82, 2.24) is 4.90 Å². The standard InChI is InChI=1S/C11H11FNO/c12-10-5-3-9(4-6-10)11(14)13-7-1-2-8-13/h1,3-6H,2,7-8H2. The second-order valence-corrected chi connectivity index (χ2v) is 3.34. The van der Waals surface area contributed by atoms with Gasteiger partial charge in [0.05, 0.1) is 0 Å². The predicted octanol–water partition coefficient (Wildman–Crippen LogP) is 1.88. The second kappa shape index (κ2) is 3.78. The summed E-state index contributed by atoms with van der Waals surface area (Å²) in [4.78, 5) is 13.5. The SMILES string of the molecule is O=C(c1ccc(F)cc1)N1C[CH]CC1. The van der Waals surface area contributed by atoms with Crippen molar-refractivity contribution in [2.24, 2.45) is 0 Å².